The first-order valence-corrected chi connectivity index (χ1v) is 3.24. The van der Waals surface area contributed by atoms with Crippen LogP contribution in [-0.2, 0) is 4.79 Å². The Hall–Kier alpha value is -0.610. The second-order valence-electron chi connectivity index (χ2n) is 2.24. The van der Waals surface area contributed by atoms with Crippen molar-refractivity contribution in [2.45, 2.75) is 31.9 Å². The minimum absolute atomic E-state index is 0.131. The molecule has 0 aliphatic heterocycles. The molecule has 0 radical (unpaired) electrons. The van der Waals surface area contributed by atoms with Gasteiger partial charge in [0.2, 0.25) is 0 Å². The maximum absolute atomic E-state index is 10.1. The van der Waals surface area contributed by atoms with Gasteiger partial charge in [0.1, 0.15) is 6.04 Å². The lowest BCUT2D eigenvalue weighted by Crippen LogP contribution is -2.33. The summed E-state index contributed by atoms with van der Waals surface area (Å²) in [6.07, 6.45) is 0.0819. The topological polar surface area (TPSA) is 83.5 Å². The van der Waals surface area contributed by atoms with Crippen LogP contribution in [0, 0.1) is 0 Å². The molecule has 4 N–H and O–H groups in total. The van der Waals surface area contributed by atoms with Gasteiger partial charge in [-0.2, -0.15) is 0 Å². The van der Waals surface area contributed by atoms with Gasteiger partial charge >= 0.3 is 5.97 Å². The third-order valence-corrected chi connectivity index (χ3v) is 1.31. The van der Waals surface area contributed by atoms with E-state index in [9.17, 15) is 4.79 Å². The molecule has 0 bridgehead atoms. The van der Waals surface area contributed by atoms with E-state index in [-0.39, 0.29) is 6.42 Å². The van der Waals surface area contributed by atoms with Crippen LogP contribution in [0.5, 0.6) is 0 Å². The molecule has 0 aromatic heterocycles. The predicted octanol–water partition coefficient (Wildman–Crippen LogP) is -0.441. The first kappa shape index (κ1) is 9.39. The van der Waals surface area contributed by atoms with E-state index in [4.69, 9.17) is 15.9 Å². The standard InChI is InChI=1S/C6H13NO3/c1-2-4(8)3-5(7)6(9)10/h4-5,8H,2-3,7H2,1H3,(H,9,10)/t4-,5?/m0/s1. The van der Waals surface area contributed by atoms with E-state index in [2.05, 4.69) is 0 Å². The fourth-order valence-electron chi connectivity index (χ4n) is 0.561. The van der Waals surface area contributed by atoms with E-state index >= 15 is 0 Å². The van der Waals surface area contributed by atoms with E-state index in [0.717, 1.165) is 0 Å². The second-order valence-corrected chi connectivity index (χ2v) is 2.24. The Balaban J connectivity index is 3.56. The summed E-state index contributed by atoms with van der Waals surface area (Å²) in [5.74, 6) is -1.06. The minimum Gasteiger partial charge on any atom is -0.480 e. The Kier molecular flexibility index (Phi) is 3.99. The van der Waals surface area contributed by atoms with Crippen LogP contribution in [-0.4, -0.2) is 28.3 Å². The molecule has 0 heterocycles. The average molecular weight is 147 g/mol. The molecule has 0 amide bonds. The van der Waals surface area contributed by atoms with Crippen molar-refractivity contribution in [2.75, 3.05) is 0 Å². The van der Waals surface area contributed by atoms with Crippen LogP contribution >= 0.6 is 0 Å². The van der Waals surface area contributed by atoms with Crippen molar-refractivity contribution >= 4 is 5.97 Å². The van der Waals surface area contributed by atoms with Crippen molar-refractivity contribution in [1.29, 1.82) is 0 Å². The number of aliphatic hydroxyl groups is 1. The zero-order valence-corrected chi connectivity index (χ0v) is 5.95. The number of aliphatic carboxylic acids is 1. The number of carboxylic acid groups (broad SMARTS) is 1. The van der Waals surface area contributed by atoms with Crippen molar-refractivity contribution < 1.29 is 15.0 Å². The van der Waals surface area contributed by atoms with Crippen LogP contribution < -0.4 is 5.73 Å². The van der Waals surface area contributed by atoms with Gasteiger partial charge in [-0.1, -0.05) is 6.92 Å². The molecule has 0 spiro atoms. The van der Waals surface area contributed by atoms with Crippen LogP contribution in [0.2, 0.25) is 0 Å². The molecule has 4 heteroatoms. The second kappa shape index (κ2) is 4.24. The molecule has 0 aromatic rings. The van der Waals surface area contributed by atoms with Gasteiger partial charge in [-0.15, -0.1) is 0 Å². The summed E-state index contributed by atoms with van der Waals surface area (Å²) in [5.41, 5.74) is 5.13. The number of hydrogen-bond acceptors (Lipinski definition) is 3. The molecule has 1 unspecified atom stereocenters. The Bertz CT molecular complexity index is 116. The van der Waals surface area contributed by atoms with Gasteiger partial charge in [0.15, 0.2) is 0 Å². The Morgan fingerprint density at radius 3 is 2.50 bits per heavy atom. The Morgan fingerprint density at radius 2 is 2.20 bits per heavy atom. The fraction of sp³-hybridized carbons (Fsp3) is 0.833. The van der Waals surface area contributed by atoms with Crippen LogP contribution in [0.1, 0.15) is 19.8 Å². The highest BCUT2D eigenvalue weighted by Gasteiger charge is 2.14. The van der Waals surface area contributed by atoms with Gasteiger partial charge in [-0.3, -0.25) is 4.79 Å². The lowest BCUT2D eigenvalue weighted by molar-refractivity contribution is -0.139. The normalized spacial score (nSPS) is 16.3. The van der Waals surface area contributed by atoms with E-state index in [1.54, 1.807) is 6.92 Å². The molecule has 0 saturated carbocycles. The van der Waals surface area contributed by atoms with Crippen molar-refractivity contribution in [3.8, 4) is 0 Å². The average Bonchev–Trinajstić information content (AvgIpc) is 1.87. The summed E-state index contributed by atoms with van der Waals surface area (Å²) in [6, 6.07) is -0.935. The molecule has 60 valence electrons. The molecular weight excluding hydrogens is 134 g/mol. The van der Waals surface area contributed by atoms with Crippen molar-refractivity contribution in [2.24, 2.45) is 5.73 Å². The number of carbonyl (C=O) groups is 1. The molecule has 10 heavy (non-hydrogen) atoms. The van der Waals surface area contributed by atoms with Crippen molar-refractivity contribution in [1.82, 2.24) is 0 Å². The van der Waals surface area contributed by atoms with E-state index in [1.807, 2.05) is 0 Å². The molecular formula is C6H13NO3. The summed E-state index contributed by atoms with van der Waals surface area (Å²) in [7, 11) is 0. The summed E-state index contributed by atoms with van der Waals surface area (Å²) < 4.78 is 0. The lowest BCUT2D eigenvalue weighted by atomic mass is 10.1. The van der Waals surface area contributed by atoms with Crippen LogP contribution in [0.25, 0.3) is 0 Å². The molecule has 2 atom stereocenters. The molecule has 0 saturated heterocycles. The number of hydrogen-bond donors (Lipinski definition) is 3. The fourth-order valence-corrected chi connectivity index (χ4v) is 0.561. The Labute approximate surface area is 59.7 Å². The van der Waals surface area contributed by atoms with Gasteiger partial charge in [0, 0.05) is 0 Å². The summed E-state index contributed by atoms with van der Waals surface area (Å²) >= 11 is 0. The first-order valence-electron chi connectivity index (χ1n) is 3.24. The number of aliphatic hydroxyl groups excluding tert-OH is 1. The third-order valence-electron chi connectivity index (χ3n) is 1.31. The monoisotopic (exact) mass is 147 g/mol. The molecule has 0 aliphatic rings. The lowest BCUT2D eigenvalue weighted by Gasteiger charge is -2.09. The van der Waals surface area contributed by atoms with Crippen LogP contribution in [0.3, 0.4) is 0 Å². The van der Waals surface area contributed by atoms with Gasteiger partial charge in [-0.25, -0.2) is 0 Å². The third kappa shape index (κ3) is 3.42. The minimum atomic E-state index is -1.06. The smallest absolute Gasteiger partial charge is 0.320 e. The zero-order chi connectivity index (χ0) is 8.15. The Morgan fingerprint density at radius 1 is 1.70 bits per heavy atom. The largest absolute Gasteiger partial charge is 0.480 e. The van der Waals surface area contributed by atoms with E-state index in [0.29, 0.717) is 6.42 Å². The quantitative estimate of drug-likeness (QED) is 0.503. The van der Waals surface area contributed by atoms with Crippen LogP contribution in [0.15, 0.2) is 0 Å². The van der Waals surface area contributed by atoms with E-state index < -0.39 is 18.1 Å². The zero-order valence-electron chi connectivity index (χ0n) is 5.95. The molecule has 4 nitrogen and oxygen atoms in total. The predicted molar refractivity (Wildman–Crippen MR) is 36.5 cm³/mol. The molecule has 0 aliphatic carbocycles. The number of rotatable bonds is 4. The maximum Gasteiger partial charge on any atom is 0.320 e. The molecule has 0 rings (SSSR count). The number of carboxylic acids is 1. The van der Waals surface area contributed by atoms with Gasteiger partial charge < -0.3 is 15.9 Å². The maximum atomic E-state index is 10.1. The number of nitrogens with two attached hydrogens (primary N) is 1. The summed E-state index contributed by atoms with van der Waals surface area (Å²) in [6.45, 7) is 1.78. The van der Waals surface area contributed by atoms with Crippen molar-refractivity contribution in [3.05, 3.63) is 0 Å². The van der Waals surface area contributed by atoms with Gasteiger partial charge in [0.05, 0.1) is 6.10 Å². The molecule has 0 fully saturated rings. The highest BCUT2D eigenvalue weighted by atomic mass is 16.4. The highest BCUT2D eigenvalue weighted by molar-refractivity contribution is 5.73. The van der Waals surface area contributed by atoms with Gasteiger partial charge in [-0.05, 0) is 12.8 Å². The van der Waals surface area contributed by atoms with Gasteiger partial charge in [0.25, 0.3) is 0 Å². The molecule has 0 aromatic carbocycles. The van der Waals surface area contributed by atoms with Crippen LogP contribution in [0.4, 0.5) is 0 Å². The first-order chi connectivity index (χ1) is 4.57. The SMILES string of the molecule is CC[C@H](O)CC(N)C(=O)O. The summed E-state index contributed by atoms with van der Waals surface area (Å²) in [4.78, 5) is 10.1. The van der Waals surface area contributed by atoms with Crippen molar-refractivity contribution in [3.63, 3.8) is 0 Å². The summed E-state index contributed by atoms with van der Waals surface area (Å²) in [5, 5.41) is 17.2. The highest BCUT2D eigenvalue weighted by Crippen LogP contribution is 1.99. The van der Waals surface area contributed by atoms with E-state index in [1.165, 1.54) is 0 Å².